The average Bonchev–Trinajstić information content (AvgIpc) is 3.18. The summed E-state index contributed by atoms with van der Waals surface area (Å²) in [5.41, 5.74) is 3.32. The largest absolute Gasteiger partial charge is 0.465 e. The number of nitrogens with one attached hydrogen (secondary N) is 1. The van der Waals surface area contributed by atoms with Crippen molar-refractivity contribution >= 4 is 23.6 Å². The lowest BCUT2D eigenvalue weighted by atomic mass is 10.1. The molecule has 0 spiro atoms. The van der Waals surface area contributed by atoms with Crippen molar-refractivity contribution in [3.05, 3.63) is 60.1 Å². The summed E-state index contributed by atoms with van der Waals surface area (Å²) < 4.78 is 1.80. The average molecular weight is 440 g/mol. The van der Waals surface area contributed by atoms with Gasteiger partial charge in [-0.3, -0.25) is 9.78 Å². The van der Waals surface area contributed by atoms with Gasteiger partial charge in [-0.2, -0.15) is 0 Å². The van der Waals surface area contributed by atoms with E-state index in [0.29, 0.717) is 18.1 Å². The fourth-order valence-electron chi connectivity index (χ4n) is 3.83. The summed E-state index contributed by atoms with van der Waals surface area (Å²) in [6, 6.07) is 10.9. The van der Waals surface area contributed by atoms with Crippen molar-refractivity contribution in [2.45, 2.75) is 25.4 Å². The van der Waals surface area contributed by atoms with Gasteiger partial charge < -0.3 is 19.9 Å². The van der Waals surface area contributed by atoms with Crippen LogP contribution < -0.4 is 5.32 Å². The summed E-state index contributed by atoms with van der Waals surface area (Å²) in [5.74, 6) is -0.187. The van der Waals surface area contributed by atoms with E-state index in [-0.39, 0.29) is 18.5 Å². The fraction of sp³-hybridized carbons (Fsp3) is 0.273. The van der Waals surface area contributed by atoms with Crippen LogP contribution in [-0.2, 0) is 11.3 Å². The van der Waals surface area contributed by atoms with Gasteiger partial charge in [0.1, 0.15) is 6.54 Å². The maximum atomic E-state index is 12.8. The summed E-state index contributed by atoms with van der Waals surface area (Å²) in [7, 11) is 0. The van der Waals surface area contributed by atoms with Crippen molar-refractivity contribution in [3.63, 3.8) is 0 Å². The van der Waals surface area contributed by atoms with Crippen LogP contribution in [-0.4, -0.2) is 55.7 Å². The first kappa shape index (κ1) is 20.9. The summed E-state index contributed by atoms with van der Waals surface area (Å²) in [6.45, 7) is 0.875. The van der Waals surface area contributed by atoms with Gasteiger partial charge in [-0.05, 0) is 37.1 Å². The number of pyridine rings is 1. The van der Waals surface area contributed by atoms with Gasteiger partial charge in [0.15, 0.2) is 0 Å². The third-order valence-electron chi connectivity index (χ3n) is 5.28. The molecule has 160 valence electrons. The minimum atomic E-state index is -0.957. The number of benzene rings is 1. The number of hydrogen-bond donors (Lipinski definition) is 2. The van der Waals surface area contributed by atoms with Gasteiger partial charge in [-0.1, -0.05) is 23.7 Å². The van der Waals surface area contributed by atoms with Crippen molar-refractivity contribution in [2.75, 3.05) is 13.1 Å². The van der Waals surface area contributed by atoms with E-state index in [0.717, 1.165) is 35.4 Å². The third kappa shape index (κ3) is 4.86. The van der Waals surface area contributed by atoms with Gasteiger partial charge in [-0.25, -0.2) is 9.78 Å². The molecule has 1 fully saturated rings. The number of carboxylic acid groups (broad SMARTS) is 1. The van der Waals surface area contributed by atoms with E-state index in [1.165, 1.54) is 4.90 Å². The Hall–Kier alpha value is -3.39. The molecule has 9 heteroatoms. The molecule has 0 aliphatic carbocycles. The summed E-state index contributed by atoms with van der Waals surface area (Å²) >= 11 is 6.03. The maximum absolute atomic E-state index is 12.8. The highest BCUT2D eigenvalue weighted by Gasteiger charge is 2.25. The lowest BCUT2D eigenvalue weighted by Gasteiger charge is -2.31. The fourth-order valence-corrected chi connectivity index (χ4v) is 3.96. The van der Waals surface area contributed by atoms with Crippen LogP contribution in [0.3, 0.4) is 0 Å². The predicted octanol–water partition coefficient (Wildman–Crippen LogP) is 3.52. The van der Waals surface area contributed by atoms with Crippen LogP contribution in [0.15, 0.2) is 55.1 Å². The van der Waals surface area contributed by atoms with Gasteiger partial charge in [0.25, 0.3) is 0 Å². The molecule has 1 aliphatic heterocycles. The maximum Gasteiger partial charge on any atom is 0.407 e. The van der Waals surface area contributed by atoms with Crippen molar-refractivity contribution in [1.29, 1.82) is 0 Å². The zero-order valence-corrected chi connectivity index (χ0v) is 17.5. The van der Waals surface area contributed by atoms with Crippen LogP contribution in [0.4, 0.5) is 4.79 Å². The molecule has 1 aromatic carbocycles. The highest BCUT2D eigenvalue weighted by atomic mass is 35.5. The molecule has 0 saturated carbocycles. The van der Waals surface area contributed by atoms with E-state index < -0.39 is 6.09 Å². The molecule has 0 radical (unpaired) electrons. The minimum absolute atomic E-state index is 0.0712. The van der Waals surface area contributed by atoms with Crippen LogP contribution in [0, 0.1) is 0 Å². The number of hydrogen-bond acceptors (Lipinski definition) is 4. The molecule has 3 heterocycles. The standard InChI is InChI=1S/C22H22ClN5O3/c23-17-5-3-15(4-6-17)20-21(16-7-9-24-10-8-16)28(14-25-20)13-19(29)26-18-2-1-11-27(12-18)22(30)31/h3-10,14,18H,1-2,11-13H2,(H,26,29)(H,30,31)/t18-/m1/s1. The molecule has 2 N–H and O–H groups in total. The van der Waals surface area contributed by atoms with E-state index in [1.807, 2.05) is 24.3 Å². The molecule has 2 aromatic heterocycles. The molecule has 0 bridgehead atoms. The van der Waals surface area contributed by atoms with Gasteiger partial charge in [0.2, 0.25) is 5.91 Å². The summed E-state index contributed by atoms with van der Waals surface area (Å²) in [4.78, 5) is 34.0. The van der Waals surface area contributed by atoms with Crippen molar-refractivity contribution < 1.29 is 14.7 Å². The van der Waals surface area contributed by atoms with Gasteiger partial charge in [0, 0.05) is 47.7 Å². The zero-order valence-electron chi connectivity index (χ0n) is 16.7. The molecular formula is C22H22ClN5O3. The van der Waals surface area contributed by atoms with E-state index in [9.17, 15) is 14.7 Å². The molecule has 1 atom stereocenters. The minimum Gasteiger partial charge on any atom is -0.465 e. The first-order valence-corrected chi connectivity index (χ1v) is 10.4. The lowest BCUT2D eigenvalue weighted by molar-refractivity contribution is -0.122. The van der Waals surface area contributed by atoms with E-state index in [1.54, 1.807) is 35.4 Å². The number of carbonyl (C=O) groups excluding carboxylic acids is 1. The second kappa shape index (κ2) is 9.18. The molecule has 1 aliphatic rings. The van der Waals surface area contributed by atoms with E-state index >= 15 is 0 Å². The second-order valence-electron chi connectivity index (χ2n) is 7.45. The Morgan fingerprint density at radius 3 is 2.58 bits per heavy atom. The normalized spacial score (nSPS) is 16.2. The summed E-state index contributed by atoms with van der Waals surface area (Å²) in [6.07, 6.45) is 5.56. The molecule has 3 aromatic rings. The zero-order chi connectivity index (χ0) is 21.8. The first-order chi connectivity index (χ1) is 15.0. The smallest absolute Gasteiger partial charge is 0.407 e. The van der Waals surface area contributed by atoms with E-state index in [4.69, 9.17) is 11.6 Å². The van der Waals surface area contributed by atoms with Crippen molar-refractivity contribution in [1.82, 2.24) is 24.8 Å². The molecule has 0 unspecified atom stereocenters. The Morgan fingerprint density at radius 2 is 1.87 bits per heavy atom. The number of nitrogens with zero attached hydrogens (tertiary/aromatic N) is 4. The number of imidazole rings is 1. The molecule has 1 saturated heterocycles. The van der Waals surface area contributed by atoms with Crippen LogP contribution in [0.1, 0.15) is 12.8 Å². The number of amides is 2. The van der Waals surface area contributed by atoms with Crippen LogP contribution >= 0.6 is 11.6 Å². The highest BCUT2D eigenvalue weighted by molar-refractivity contribution is 6.30. The monoisotopic (exact) mass is 439 g/mol. The van der Waals surface area contributed by atoms with Crippen molar-refractivity contribution in [3.8, 4) is 22.5 Å². The lowest BCUT2D eigenvalue weighted by Crippen LogP contribution is -2.49. The quantitative estimate of drug-likeness (QED) is 0.633. The van der Waals surface area contributed by atoms with Gasteiger partial charge in [-0.15, -0.1) is 0 Å². The highest BCUT2D eigenvalue weighted by Crippen LogP contribution is 2.31. The molecule has 4 rings (SSSR count). The van der Waals surface area contributed by atoms with Gasteiger partial charge >= 0.3 is 6.09 Å². The number of piperidine rings is 1. The summed E-state index contributed by atoms with van der Waals surface area (Å²) in [5, 5.41) is 12.8. The molecule has 8 nitrogen and oxygen atoms in total. The Morgan fingerprint density at radius 1 is 1.13 bits per heavy atom. The number of halogens is 1. The number of likely N-dealkylation sites (tertiary alicyclic amines) is 1. The Balaban J connectivity index is 1.57. The first-order valence-electron chi connectivity index (χ1n) is 10.00. The Kier molecular flexibility index (Phi) is 6.18. The number of carbonyl (C=O) groups is 2. The molecule has 2 amide bonds. The Bertz CT molecular complexity index is 1070. The predicted molar refractivity (Wildman–Crippen MR) is 117 cm³/mol. The SMILES string of the molecule is O=C(Cn1cnc(-c2ccc(Cl)cc2)c1-c1ccncc1)N[C@@H]1CCCN(C(=O)O)C1. The van der Waals surface area contributed by atoms with Crippen LogP contribution in [0.5, 0.6) is 0 Å². The third-order valence-corrected chi connectivity index (χ3v) is 5.53. The second-order valence-corrected chi connectivity index (χ2v) is 7.88. The van der Waals surface area contributed by atoms with Crippen LogP contribution in [0.25, 0.3) is 22.5 Å². The van der Waals surface area contributed by atoms with Crippen LogP contribution in [0.2, 0.25) is 5.02 Å². The molecule has 31 heavy (non-hydrogen) atoms. The van der Waals surface area contributed by atoms with E-state index in [2.05, 4.69) is 15.3 Å². The Labute approximate surface area is 184 Å². The van der Waals surface area contributed by atoms with Crippen molar-refractivity contribution in [2.24, 2.45) is 0 Å². The topological polar surface area (TPSA) is 100 Å². The molecular weight excluding hydrogens is 418 g/mol. The van der Waals surface area contributed by atoms with Gasteiger partial charge in [0.05, 0.1) is 17.7 Å². The number of aromatic nitrogens is 3. The number of rotatable bonds is 5.